The number of hydrogen-bond donors (Lipinski definition) is 3. The molecule has 3 amide bonds. The minimum absolute atomic E-state index is 0.00989. The summed E-state index contributed by atoms with van der Waals surface area (Å²) in [5.74, 6) is -3.79. The lowest BCUT2D eigenvalue weighted by Crippen LogP contribution is -2.72. The molecule has 3 N–H and O–H groups in total. The lowest BCUT2D eigenvalue weighted by molar-refractivity contribution is -0.136. The maximum Gasteiger partial charge on any atom is 0.255 e. The Bertz CT molecular complexity index is 2830. The third-order valence-corrected chi connectivity index (χ3v) is 15.0. The number of carbonyl (C=O) groups is 4. The Labute approximate surface area is 369 Å². The van der Waals surface area contributed by atoms with E-state index in [9.17, 15) is 32.0 Å². The maximum atomic E-state index is 15.5. The van der Waals surface area contributed by atoms with Gasteiger partial charge in [-0.3, -0.25) is 29.2 Å². The monoisotopic (exact) mass is 890 g/mol. The number of halogens is 2. The minimum Gasteiger partial charge on any atom is -0.372 e. The average molecular weight is 891 g/mol. The molecule has 0 bridgehead atoms. The van der Waals surface area contributed by atoms with Crippen molar-refractivity contribution in [3.63, 3.8) is 0 Å². The van der Waals surface area contributed by atoms with E-state index in [2.05, 4.69) is 52.9 Å². The molecule has 17 heteroatoms. The number of piperidine rings is 2. The van der Waals surface area contributed by atoms with Gasteiger partial charge in [-0.1, -0.05) is 19.1 Å². The zero-order valence-electron chi connectivity index (χ0n) is 35.3. The zero-order chi connectivity index (χ0) is 44.5. The number of hydrogen-bond acceptors (Lipinski definition) is 10. The van der Waals surface area contributed by atoms with Gasteiger partial charge in [0, 0.05) is 110 Å². The number of pyridine rings is 1. The number of aromatic amines is 1. The van der Waals surface area contributed by atoms with Gasteiger partial charge in [0.05, 0.1) is 17.0 Å². The number of rotatable bonds is 12. The Hall–Kier alpha value is -6.20. The molecule has 3 aromatic carbocycles. The molecule has 0 unspecified atom stereocenters. The van der Waals surface area contributed by atoms with Crippen LogP contribution in [-0.2, 0) is 26.2 Å². The predicted octanol–water partition coefficient (Wildman–Crippen LogP) is 5.69. The molecule has 5 aliphatic heterocycles. The zero-order valence-corrected chi connectivity index (χ0v) is 36.1. The highest BCUT2D eigenvalue weighted by atomic mass is 32.2. The van der Waals surface area contributed by atoms with Gasteiger partial charge < -0.3 is 24.6 Å². The largest absolute Gasteiger partial charge is 0.372 e. The van der Waals surface area contributed by atoms with Gasteiger partial charge in [0.2, 0.25) is 27.6 Å². The summed E-state index contributed by atoms with van der Waals surface area (Å²) in [6.07, 6.45) is 6.11. The molecule has 5 aliphatic rings. The molecule has 64 heavy (non-hydrogen) atoms. The molecule has 5 aromatic rings. The number of ketones is 1. The number of likely N-dealkylation sites (tertiary alicyclic amines) is 1. The van der Waals surface area contributed by atoms with E-state index in [1.807, 2.05) is 24.3 Å². The number of imide groups is 1. The summed E-state index contributed by atoms with van der Waals surface area (Å²) < 4.78 is 57.3. The molecule has 0 aliphatic carbocycles. The van der Waals surface area contributed by atoms with Gasteiger partial charge >= 0.3 is 0 Å². The number of nitrogens with zero attached hydrogens (tertiary/aromatic N) is 5. The highest BCUT2D eigenvalue weighted by molar-refractivity contribution is 7.92. The number of benzene rings is 3. The van der Waals surface area contributed by atoms with Crippen LogP contribution in [0.3, 0.4) is 0 Å². The number of nitrogens with one attached hydrogen (secondary N) is 3. The maximum absolute atomic E-state index is 15.5. The van der Waals surface area contributed by atoms with Crippen LogP contribution in [0.15, 0.2) is 73.1 Å². The van der Waals surface area contributed by atoms with Crippen LogP contribution in [0, 0.1) is 23.0 Å². The SMILES string of the molecule is CCCS(=O)(=O)Nc1ccc(F)c(C(=O)c2c[nH]c3ncc(-c4ccc(N5CCC(CN6CC7(C6)CN(c6ccc8c(c6)CN([C@@H]6CCC(=O)NC6=O)C8=O)C7)CC5)cc4)cc23)c1F. The van der Waals surface area contributed by atoms with Crippen LogP contribution in [0.4, 0.5) is 25.8 Å². The standard InChI is InChI=1S/C47H48F2N8O6S/c1-2-17-64(62,63)53-38-10-9-37(48)41(42(38)49)43(59)36-21-51-44-35(36)19-30(20-50-44)29-3-5-32(6-4-29)55-15-13-28(14-16-55)22-54-24-47(25-54)26-56(27-47)33-7-8-34-31(18-33)23-57(46(34)61)39-11-12-40(58)52-45(39)60/h3-10,18-21,28,39,53H,2,11-17,22-27H2,1H3,(H,50,51)(H,52,58,60)/t39-/m1/s1. The highest BCUT2D eigenvalue weighted by Crippen LogP contribution is 2.44. The van der Waals surface area contributed by atoms with Crippen molar-refractivity contribution in [1.29, 1.82) is 0 Å². The fourth-order valence-electron chi connectivity index (χ4n) is 10.3. The second-order valence-electron chi connectivity index (χ2n) is 18.1. The highest BCUT2D eigenvalue weighted by Gasteiger charge is 2.52. The van der Waals surface area contributed by atoms with Crippen LogP contribution in [0.5, 0.6) is 0 Å². The first-order valence-corrected chi connectivity index (χ1v) is 23.5. The van der Waals surface area contributed by atoms with Crippen molar-refractivity contribution in [2.24, 2.45) is 11.3 Å². The molecule has 0 radical (unpaired) electrons. The van der Waals surface area contributed by atoms with E-state index in [1.165, 1.54) is 6.20 Å². The normalized spacial score (nSPS) is 20.1. The van der Waals surface area contributed by atoms with E-state index in [0.717, 1.165) is 98.9 Å². The molecule has 0 saturated carbocycles. The summed E-state index contributed by atoms with van der Waals surface area (Å²) in [6.45, 7) is 9.17. The molecule has 4 saturated heterocycles. The van der Waals surface area contributed by atoms with Crippen molar-refractivity contribution >= 4 is 61.6 Å². The van der Waals surface area contributed by atoms with Crippen molar-refractivity contribution in [1.82, 2.24) is 25.1 Å². The van der Waals surface area contributed by atoms with Crippen LogP contribution in [0.25, 0.3) is 22.2 Å². The van der Waals surface area contributed by atoms with Crippen LogP contribution >= 0.6 is 0 Å². The third-order valence-electron chi connectivity index (χ3n) is 13.6. The summed E-state index contributed by atoms with van der Waals surface area (Å²) in [7, 11) is -3.89. The first-order valence-electron chi connectivity index (χ1n) is 21.9. The number of sulfonamides is 1. The molecule has 4 fully saturated rings. The predicted molar refractivity (Wildman–Crippen MR) is 238 cm³/mol. The van der Waals surface area contributed by atoms with Crippen LogP contribution in [-0.4, -0.2) is 109 Å². The van der Waals surface area contributed by atoms with Crippen LogP contribution in [0.1, 0.15) is 70.9 Å². The number of carbonyl (C=O) groups excluding carboxylic acids is 4. The fraction of sp³-hybridized carbons (Fsp3) is 0.383. The van der Waals surface area contributed by atoms with Gasteiger partial charge in [0.15, 0.2) is 5.82 Å². The number of aromatic nitrogens is 2. The van der Waals surface area contributed by atoms with Crippen molar-refractivity contribution < 1.29 is 36.4 Å². The number of H-pyrrole nitrogens is 1. The molecule has 1 spiro atoms. The molecule has 2 aromatic heterocycles. The van der Waals surface area contributed by atoms with E-state index >= 15 is 4.39 Å². The van der Waals surface area contributed by atoms with E-state index in [0.29, 0.717) is 47.3 Å². The molecular formula is C47H48F2N8O6S. The lowest BCUT2D eigenvalue weighted by atomic mass is 9.72. The van der Waals surface area contributed by atoms with Crippen molar-refractivity contribution in [3.8, 4) is 11.1 Å². The van der Waals surface area contributed by atoms with Gasteiger partial charge in [-0.05, 0) is 91.3 Å². The second kappa shape index (κ2) is 16.1. The molecule has 7 heterocycles. The smallest absolute Gasteiger partial charge is 0.255 e. The Kier molecular flexibility index (Phi) is 10.5. The molecule has 14 nitrogen and oxygen atoms in total. The lowest BCUT2D eigenvalue weighted by Gasteiger charge is -2.61. The molecule has 10 rings (SSSR count). The van der Waals surface area contributed by atoms with Crippen molar-refractivity contribution in [2.75, 3.05) is 66.1 Å². The van der Waals surface area contributed by atoms with Crippen molar-refractivity contribution in [3.05, 3.63) is 107 Å². The summed E-state index contributed by atoms with van der Waals surface area (Å²) >= 11 is 0. The topological polar surface area (TPSA) is 168 Å². The minimum atomic E-state index is -3.89. The van der Waals surface area contributed by atoms with Gasteiger partial charge in [-0.2, -0.15) is 0 Å². The van der Waals surface area contributed by atoms with Gasteiger partial charge in [-0.15, -0.1) is 0 Å². The first kappa shape index (κ1) is 41.8. The Morgan fingerprint density at radius 2 is 1.66 bits per heavy atom. The molecule has 1 atom stereocenters. The van der Waals surface area contributed by atoms with Gasteiger partial charge in [0.25, 0.3) is 5.91 Å². The van der Waals surface area contributed by atoms with E-state index in [4.69, 9.17) is 0 Å². The third kappa shape index (κ3) is 7.67. The second-order valence-corrected chi connectivity index (χ2v) is 19.9. The first-order chi connectivity index (χ1) is 30.8. The summed E-state index contributed by atoms with van der Waals surface area (Å²) in [5, 5.41) is 2.75. The summed E-state index contributed by atoms with van der Waals surface area (Å²) in [6, 6.07) is 17.1. The number of anilines is 3. The summed E-state index contributed by atoms with van der Waals surface area (Å²) in [5.41, 5.74) is 4.70. The quantitative estimate of drug-likeness (QED) is 0.105. The Morgan fingerprint density at radius 3 is 2.39 bits per heavy atom. The van der Waals surface area contributed by atoms with E-state index < -0.39 is 50.6 Å². The fourth-order valence-corrected chi connectivity index (χ4v) is 11.5. The van der Waals surface area contributed by atoms with Crippen molar-refractivity contribution in [2.45, 2.75) is 51.6 Å². The Balaban J connectivity index is 0.712. The molecule has 332 valence electrons. The molecular weight excluding hydrogens is 843 g/mol. The van der Waals surface area contributed by atoms with Gasteiger partial charge in [0.1, 0.15) is 17.5 Å². The van der Waals surface area contributed by atoms with Crippen LogP contribution < -0.4 is 19.8 Å². The Morgan fingerprint density at radius 1 is 0.906 bits per heavy atom. The number of fused-ring (bicyclic) bond motifs is 2. The number of amides is 3. The van der Waals surface area contributed by atoms with Gasteiger partial charge in [-0.25, -0.2) is 22.2 Å². The summed E-state index contributed by atoms with van der Waals surface area (Å²) in [4.78, 5) is 67.2. The average Bonchev–Trinajstić information content (AvgIpc) is 3.82. The van der Waals surface area contributed by atoms with Crippen LogP contribution in [0.2, 0.25) is 0 Å². The van der Waals surface area contributed by atoms with E-state index in [1.54, 1.807) is 24.1 Å². The van der Waals surface area contributed by atoms with E-state index in [-0.39, 0.29) is 29.6 Å².